The van der Waals surface area contributed by atoms with Crippen LogP contribution in [0.15, 0.2) is 60.7 Å². The van der Waals surface area contributed by atoms with Crippen molar-refractivity contribution in [1.82, 2.24) is 15.1 Å². The smallest absolute Gasteiger partial charge is 0.254 e. The quantitative estimate of drug-likeness (QED) is 0.789. The summed E-state index contributed by atoms with van der Waals surface area (Å²) in [6.45, 7) is 2.56. The van der Waals surface area contributed by atoms with Gasteiger partial charge in [0.2, 0.25) is 0 Å². The number of H-pyrrole nitrogens is 1. The third-order valence-corrected chi connectivity index (χ3v) is 4.61. The van der Waals surface area contributed by atoms with Gasteiger partial charge in [-0.1, -0.05) is 36.4 Å². The molecule has 1 N–H and O–H groups in total. The molecule has 0 spiro atoms. The molecule has 1 amide bonds. The second-order valence-corrected chi connectivity index (χ2v) is 6.30. The van der Waals surface area contributed by atoms with Crippen molar-refractivity contribution in [3.05, 3.63) is 72.0 Å². The van der Waals surface area contributed by atoms with E-state index < -0.39 is 0 Å². The Kier molecular flexibility index (Phi) is 4.39. The number of nitrogens with zero attached hydrogens (tertiary/aromatic N) is 3. The Labute approximate surface area is 151 Å². The van der Waals surface area contributed by atoms with Gasteiger partial charge in [0.05, 0.1) is 5.69 Å². The highest BCUT2D eigenvalue weighted by Gasteiger charge is 2.23. The Bertz CT molecular complexity index is 901. The van der Waals surface area contributed by atoms with Crippen LogP contribution in [0.4, 0.5) is 10.2 Å². The Morgan fingerprint density at radius 2 is 1.73 bits per heavy atom. The molecular weight excluding hydrogens is 331 g/mol. The molecule has 0 saturated carbocycles. The molecule has 6 heteroatoms. The summed E-state index contributed by atoms with van der Waals surface area (Å²) in [5.41, 5.74) is 2.45. The normalized spacial score (nSPS) is 14.5. The molecule has 1 aromatic heterocycles. The lowest BCUT2D eigenvalue weighted by Crippen LogP contribution is -2.49. The van der Waals surface area contributed by atoms with Gasteiger partial charge in [-0.05, 0) is 23.8 Å². The standard InChI is InChI=1S/C20H19FN4O/c21-17-8-4-7-16(13-17)20(26)25-11-9-24(10-12-25)19-14-18(22-23-19)15-5-2-1-3-6-15/h1-8,13-14H,9-12H2,(H,22,23). The monoisotopic (exact) mass is 350 g/mol. The number of hydrogen-bond acceptors (Lipinski definition) is 3. The number of rotatable bonds is 3. The summed E-state index contributed by atoms with van der Waals surface area (Å²) in [4.78, 5) is 16.4. The number of anilines is 1. The van der Waals surface area contributed by atoms with Crippen LogP contribution in [0.5, 0.6) is 0 Å². The molecule has 1 aliphatic rings. The van der Waals surface area contributed by atoms with E-state index in [0.717, 1.165) is 17.1 Å². The zero-order chi connectivity index (χ0) is 17.9. The molecule has 2 aromatic carbocycles. The highest BCUT2D eigenvalue weighted by molar-refractivity contribution is 5.94. The average molecular weight is 350 g/mol. The van der Waals surface area contributed by atoms with Crippen LogP contribution in [-0.4, -0.2) is 47.2 Å². The van der Waals surface area contributed by atoms with E-state index in [1.165, 1.54) is 12.1 Å². The first-order valence-electron chi connectivity index (χ1n) is 8.61. The first kappa shape index (κ1) is 16.3. The minimum Gasteiger partial charge on any atom is -0.352 e. The topological polar surface area (TPSA) is 52.2 Å². The predicted octanol–water partition coefficient (Wildman–Crippen LogP) is 3.18. The van der Waals surface area contributed by atoms with Crippen LogP contribution >= 0.6 is 0 Å². The van der Waals surface area contributed by atoms with E-state index in [2.05, 4.69) is 15.1 Å². The Morgan fingerprint density at radius 1 is 0.962 bits per heavy atom. The van der Waals surface area contributed by atoms with Gasteiger partial charge >= 0.3 is 0 Å². The Morgan fingerprint density at radius 3 is 2.46 bits per heavy atom. The van der Waals surface area contributed by atoms with Crippen LogP contribution in [0.3, 0.4) is 0 Å². The minimum atomic E-state index is -0.389. The Balaban J connectivity index is 1.41. The summed E-state index contributed by atoms with van der Waals surface area (Å²) < 4.78 is 13.3. The SMILES string of the molecule is O=C(c1cccc(F)c1)N1CCN(c2cc(-c3ccccc3)[nH]n2)CC1. The molecule has 132 valence electrons. The van der Waals surface area contributed by atoms with Crippen molar-refractivity contribution in [3.8, 4) is 11.3 Å². The van der Waals surface area contributed by atoms with Gasteiger partial charge < -0.3 is 9.80 Å². The second-order valence-electron chi connectivity index (χ2n) is 6.30. The number of aromatic nitrogens is 2. The van der Waals surface area contributed by atoms with E-state index in [-0.39, 0.29) is 11.7 Å². The van der Waals surface area contributed by atoms with Crippen LogP contribution in [0.2, 0.25) is 0 Å². The fourth-order valence-electron chi connectivity index (χ4n) is 3.18. The van der Waals surface area contributed by atoms with E-state index in [1.54, 1.807) is 17.0 Å². The molecule has 0 atom stereocenters. The molecule has 0 radical (unpaired) electrons. The summed E-state index contributed by atoms with van der Waals surface area (Å²) in [5, 5.41) is 7.48. The maximum atomic E-state index is 13.3. The number of piperazine rings is 1. The van der Waals surface area contributed by atoms with Gasteiger partial charge in [0.15, 0.2) is 5.82 Å². The van der Waals surface area contributed by atoms with Crippen LogP contribution in [0, 0.1) is 5.82 Å². The first-order valence-corrected chi connectivity index (χ1v) is 8.61. The van der Waals surface area contributed by atoms with E-state index in [9.17, 15) is 9.18 Å². The minimum absolute atomic E-state index is 0.129. The lowest BCUT2D eigenvalue weighted by Gasteiger charge is -2.34. The number of carbonyl (C=O) groups excluding carboxylic acids is 1. The third-order valence-electron chi connectivity index (χ3n) is 4.61. The number of hydrogen-bond donors (Lipinski definition) is 1. The fraction of sp³-hybridized carbons (Fsp3) is 0.200. The first-order chi connectivity index (χ1) is 12.7. The number of amides is 1. The zero-order valence-corrected chi connectivity index (χ0v) is 14.2. The number of aromatic amines is 1. The van der Waals surface area contributed by atoms with Crippen molar-refractivity contribution >= 4 is 11.7 Å². The fourth-order valence-corrected chi connectivity index (χ4v) is 3.18. The van der Waals surface area contributed by atoms with Crippen molar-refractivity contribution in [2.24, 2.45) is 0 Å². The zero-order valence-electron chi connectivity index (χ0n) is 14.2. The van der Waals surface area contributed by atoms with Crippen molar-refractivity contribution in [1.29, 1.82) is 0 Å². The van der Waals surface area contributed by atoms with Gasteiger partial charge in [0, 0.05) is 37.8 Å². The van der Waals surface area contributed by atoms with Gasteiger partial charge in [0.1, 0.15) is 5.82 Å². The number of benzene rings is 2. The summed E-state index contributed by atoms with van der Waals surface area (Å²) in [7, 11) is 0. The van der Waals surface area contributed by atoms with E-state index in [1.807, 2.05) is 36.4 Å². The summed E-state index contributed by atoms with van der Waals surface area (Å²) in [5.74, 6) is 0.359. The van der Waals surface area contributed by atoms with Crippen molar-refractivity contribution < 1.29 is 9.18 Å². The van der Waals surface area contributed by atoms with Crippen LogP contribution in [-0.2, 0) is 0 Å². The average Bonchev–Trinajstić information content (AvgIpc) is 3.18. The molecule has 1 saturated heterocycles. The largest absolute Gasteiger partial charge is 0.352 e. The van der Waals surface area contributed by atoms with Crippen molar-refractivity contribution in [2.45, 2.75) is 0 Å². The van der Waals surface area contributed by atoms with Crippen molar-refractivity contribution in [2.75, 3.05) is 31.1 Å². The highest BCUT2D eigenvalue weighted by atomic mass is 19.1. The lowest BCUT2D eigenvalue weighted by atomic mass is 10.1. The van der Waals surface area contributed by atoms with Gasteiger partial charge in [0.25, 0.3) is 5.91 Å². The molecular formula is C20H19FN4O. The molecule has 1 aliphatic heterocycles. The maximum absolute atomic E-state index is 13.3. The number of halogens is 1. The number of nitrogens with one attached hydrogen (secondary N) is 1. The predicted molar refractivity (Wildman–Crippen MR) is 98.5 cm³/mol. The molecule has 0 aliphatic carbocycles. The van der Waals surface area contributed by atoms with E-state index in [0.29, 0.717) is 31.7 Å². The van der Waals surface area contributed by atoms with Gasteiger partial charge in [-0.2, -0.15) is 5.10 Å². The third kappa shape index (κ3) is 3.31. The molecule has 26 heavy (non-hydrogen) atoms. The van der Waals surface area contributed by atoms with E-state index >= 15 is 0 Å². The van der Waals surface area contributed by atoms with Gasteiger partial charge in [-0.15, -0.1) is 0 Å². The molecule has 1 fully saturated rings. The maximum Gasteiger partial charge on any atom is 0.254 e. The molecule has 4 rings (SSSR count). The van der Waals surface area contributed by atoms with Gasteiger partial charge in [-0.3, -0.25) is 9.89 Å². The van der Waals surface area contributed by atoms with Gasteiger partial charge in [-0.25, -0.2) is 4.39 Å². The molecule has 0 bridgehead atoms. The highest BCUT2D eigenvalue weighted by Crippen LogP contribution is 2.22. The second kappa shape index (κ2) is 7.00. The summed E-state index contributed by atoms with van der Waals surface area (Å²) in [6, 6.07) is 17.9. The number of carbonyl (C=O) groups is 1. The van der Waals surface area contributed by atoms with Crippen molar-refractivity contribution in [3.63, 3.8) is 0 Å². The molecule has 0 unspecified atom stereocenters. The Hall–Kier alpha value is -3.15. The summed E-state index contributed by atoms with van der Waals surface area (Å²) in [6.07, 6.45) is 0. The van der Waals surface area contributed by atoms with E-state index in [4.69, 9.17) is 0 Å². The molecule has 5 nitrogen and oxygen atoms in total. The molecule has 3 aromatic rings. The van der Waals surface area contributed by atoms with Crippen LogP contribution in [0.25, 0.3) is 11.3 Å². The molecule has 2 heterocycles. The summed E-state index contributed by atoms with van der Waals surface area (Å²) >= 11 is 0. The lowest BCUT2D eigenvalue weighted by molar-refractivity contribution is 0.0746. The van der Waals surface area contributed by atoms with Crippen LogP contribution in [0.1, 0.15) is 10.4 Å². The van der Waals surface area contributed by atoms with Crippen LogP contribution < -0.4 is 4.90 Å².